The maximum atomic E-state index is 11.1. The van der Waals surface area contributed by atoms with Gasteiger partial charge in [-0.15, -0.1) is 0 Å². The molecule has 1 aliphatic rings. The van der Waals surface area contributed by atoms with E-state index in [2.05, 4.69) is 9.97 Å². The number of aromatic nitrogens is 2. The molecule has 0 N–H and O–H groups in total. The first-order chi connectivity index (χ1) is 8.23. The van der Waals surface area contributed by atoms with Gasteiger partial charge in [0, 0.05) is 13.1 Å². The minimum Gasteiger partial charge on any atom is -0.398 e. The molecule has 1 aromatic rings. The Morgan fingerprint density at radius 3 is 2.06 bits per heavy atom. The topological polar surface area (TPSA) is 61.3 Å². The average Bonchev–Trinajstić information content (AvgIpc) is 2.48. The highest BCUT2D eigenvalue weighted by Crippen LogP contribution is 2.36. The quantitative estimate of drug-likeness (QED) is 0.576. The van der Waals surface area contributed by atoms with E-state index in [1.807, 2.05) is 27.7 Å². The standard InChI is InChI=1S/C12H17BN2O3/c1-8(16)9-6-15-10(7-14-9)13-17-11(2,3)12(4,5)18-13/h6-7H,1-5H3. The van der Waals surface area contributed by atoms with Crippen LogP contribution in [0.5, 0.6) is 0 Å². The fourth-order valence-electron chi connectivity index (χ4n) is 1.61. The lowest BCUT2D eigenvalue weighted by atomic mass is 9.85. The maximum Gasteiger partial charge on any atom is 0.516 e. The van der Waals surface area contributed by atoms with E-state index in [9.17, 15) is 4.79 Å². The third-order valence-electron chi connectivity index (χ3n) is 3.53. The van der Waals surface area contributed by atoms with Gasteiger partial charge in [0.15, 0.2) is 5.78 Å². The van der Waals surface area contributed by atoms with Gasteiger partial charge in [-0.1, -0.05) is 0 Å². The lowest BCUT2D eigenvalue weighted by Gasteiger charge is -2.32. The van der Waals surface area contributed by atoms with Crippen LogP contribution in [0.1, 0.15) is 45.1 Å². The number of rotatable bonds is 2. The zero-order chi connectivity index (χ0) is 13.6. The summed E-state index contributed by atoms with van der Waals surface area (Å²) in [6.07, 6.45) is 2.97. The van der Waals surface area contributed by atoms with Crippen LogP contribution < -0.4 is 5.59 Å². The van der Waals surface area contributed by atoms with E-state index in [4.69, 9.17) is 9.31 Å². The molecule has 2 heterocycles. The van der Waals surface area contributed by atoms with Crippen LogP contribution in [-0.4, -0.2) is 34.1 Å². The van der Waals surface area contributed by atoms with Crippen molar-refractivity contribution in [3.63, 3.8) is 0 Å². The van der Waals surface area contributed by atoms with Crippen molar-refractivity contribution in [2.75, 3.05) is 0 Å². The minimum atomic E-state index is -0.538. The number of Topliss-reactive ketones (excluding diaryl/α,β-unsaturated/α-hetero) is 1. The first kappa shape index (κ1) is 13.2. The number of carbonyl (C=O) groups is 1. The normalized spacial score (nSPS) is 21.1. The highest BCUT2D eigenvalue weighted by molar-refractivity contribution is 6.61. The molecule has 5 nitrogen and oxygen atoms in total. The van der Waals surface area contributed by atoms with Gasteiger partial charge in [0.1, 0.15) is 5.69 Å². The van der Waals surface area contributed by atoms with E-state index in [-0.39, 0.29) is 5.78 Å². The molecule has 96 valence electrons. The predicted molar refractivity (Wildman–Crippen MR) is 67.8 cm³/mol. The lowest BCUT2D eigenvalue weighted by Crippen LogP contribution is -2.41. The van der Waals surface area contributed by atoms with Gasteiger partial charge in [0.05, 0.1) is 23.0 Å². The van der Waals surface area contributed by atoms with Gasteiger partial charge in [-0.25, -0.2) is 0 Å². The van der Waals surface area contributed by atoms with Gasteiger partial charge >= 0.3 is 7.12 Å². The molecule has 18 heavy (non-hydrogen) atoms. The molecule has 0 bridgehead atoms. The smallest absolute Gasteiger partial charge is 0.398 e. The zero-order valence-corrected chi connectivity index (χ0v) is 11.4. The molecule has 1 saturated heterocycles. The van der Waals surface area contributed by atoms with Crippen molar-refractivity contribution in [1.82, 2.24) is 9.97 Å². The van der Waals surface area contributed by atoms with Gasteiger partial charge < -0.3 is 9.31 Å². The van der Waals surface area contributed by atoms with E-state index in [1.54, 1.807) is 0 Å². The maximum absolute atomic E-state index is 11.1. The van der Waals surface area contributed by atoms with Crippen molar-refractivity contribution >= 4 is 18.5 Å². The number of nitrogens with zero attached hydrogens (tertiary/aromatic N) is 2. The summed E-state index contributed by atoms with van der Waals surface area (Å²) in [5, 5.41) is 0. The molecular formula is C12H17BN2O3. The molecular weight excluding hydrogens is 231 g/mol. The second-order valence-corrected chi connectivity index (χ2v) is 5.47. The first-order valence-corrected chi connectivity index (χ1v) is 5.91. The Bertz CT molecular complexity index is 455. The van der Waals surface area contributed by atoms with Crippen molar-refractivity contribution in [2.24, 2.45) is 0 Å². The van der Waals surface area contributed by atoms with Crippen molar-refractivity contribution in [2.45, 2.75) is 45.8 Å². The largest absolute Gasteiger partial charge is 0.516 e. The summed E-state index contributed by atoms with van der Waals surface area (Å²) in [5.41, 5.74) is 0.117. The molecule has 1 aromatic heterocycles. The summed E-state index contributed by atoms with van der Waals surface area (Å²) in [6, 6.07) is 0. The summed E-state index contributed by atoms with van der Waals surface area (Å²) in [7, 11) is -0.538. The van der Waals surface area contributed by atoms with Gasteiger partial charge in [-0.2, -0.15) is 0 Å². The Hall–Kier alpha value is -1.27. The van der Waals surface area contributed by atoms with Crippen molar-refractivity contribution in [1.29, 1.82) is 0 Å². The van der Waals surface area contributed by atoms with Crippen LogP contribution >= 0.6 is 0 Å². The van der Waals surface area contributed by atoms with Crippen LogP contribution in [0.25, 0.3) is 0 Å². The van der Waals surface area contributed by atoms with Gasteiger partial charge in [-0.3, -0.25) is 14.8 Å². The SMILES string of the molecule is CC(=O)c1cnc(B2OC(C)(C)C(C)(C)O2)cn1. The molecule has 0 radical (unpaired) electrons. The van der Waals surface area contributed by atoms with Gasteiger partial charge in [-0.05, 0) is 27.7 Å². The fourth-order valence-corrected chi connectivity index (χ4v) is 1.61. The molecule has 0 atom stereocenters. The molecule has 1 fully saturated rings. The van der Waals surface area contributed by atoms with Crippen LogP contribution in [0.15, 0.2) is 12.4 Å². The van der Waals surface area contributed by atoms with Crippen LogP contribution in [0, 0.1) is 0 Å². The van der Waals surface area contributed by atoms with Crippen molar-refractivity contribution in [3.05, 3.63) is 18.1 Å². The summed E-state index contributed by atoms with van der Waals surface area (Å²) >= 11 is 0. The van der Waals surface area contributed by atoms with E-state index >= 15 is 0 Å². The number of hydrogen-bond acceptors (Lipinski definition) is 5. The summed E-state index contributed by atoms with van der Waals surface area (Å²) in [6.45, 7) is 9.36. The summed E-state index contributed by atoms with van der Waals surface area (Å²) in [4.78, 5) is 19.3. The second kappa shape index (κ2) is 4.14. The second-order valence-electron chi connectivity index (χ2n) is 5.47. The van der Waals surface area contributed by atoms with Crippen LogP contribution in [0.2, 0.25) is 0 Å². The monoisotopic (exact) mass is 248 g/mol. The fraction of sp³-hybridized carbons (Fsp3) is 0.583. The van der Waals surface area contributed by atoms with E-state index in [0.29, 0.717) is 11.3 Å². The highest BCUT2D eigenvalue weighted by Gasteiger charge is 2.52. The predicted octanol–water partition coefficient (Wildman–Crippen LogP) is 0.978. The number of ketones is 1. The van der Waals surface area contributed by atoms with E-state index < -0.39 is 18.3 Å². The van der Waals surface area contributed by atoms with Gasteiger partial charge in [0.25, 0.3) is 0 Å². The third-order valence-corrected chi connectivity index (χ3v) is 3.53. The lowest BCUT2D eigenvalue weighted by molar-refractivity contribution is 0.00578. The van der Waals surface area contributed by atoms with Gasteiger partial charge in [0.2, 0.25) is 0 Å². The third kappa shape index (κ3) is 2.18. The number of hydrogen-bond donors (Lipinski definition) is 0. The zero-order valence-electron chi connectivity index (χ0n) is 11.4. The molecule has 0 spiro atoms. The molecule has 0 saturated carbocycles. The average molecular weight is 248 g/mol. The summed E-state index contributed by atoms with van der Waals surface area (Å²) < 4.78 is 11.7. The molecule has 1 aliphatic heterocycles. The Kier molecular flexibility index (Phi) is 3.03. The molecule has 0 unspecified atom stereocenters. The number of carbonyl (C=O) groups excluding carboxylic acids is 1. The Labute approximate surface area is 107 Å². The minimum absolute atomic E-state index is 0.108. The van der Waals surface area contributed by atoms with Crippen LogP contribution in [-0.2, 0) is 9.31 Å². The molecule has 0 amide bonds. The van der Waals surface area contributed by atoms with E-state index in [1.165, 1.54) is 19.3 Å². The van der Waals surface area contributed by atoms with Crippen molar-refractivity contribution < 1.29 is 14.1 Å². The van der Waals surface area contributed by atoms with E-state index in [0.717, 1.165) is 0 Å². The Morgan fingerprint density at radius 2 is 1.67 bits per heavy atom. The Morgan fingerprint density at radius 1 is 1.11 bits per heavy atom. The molecule has 2 rings (SSSR count). The molecule has 0 aliphatic carbocycles. The molecule has 0 aromatic carbocycles. The van der Waals surface area contributed by atoms with Crippen LogP contribution in [0.3, 0.4) is 0 Å². The first-order valence-electron chi connectivity index (χ1n) is 5.91. The molecule has 6 heteroatoms. The van der Waals surface area contributed by atoms with Crippen LogP contribution in [0.4, 0.5) is 0 Å². The summed E-state index contributed by atoms with van der Waals surface area (Å²) in [5.74, 6) is -0.108. The highest BCUT2D eigenvalue weighted by atomic mass is 16.7. The Balaban J connectivity index is 2.22. The van der Waals surface area contributed by atoms with Crippen molar-refractivity contribution in [3.8, 4) is 0 Å².